The van der Waals surface area contributed by atoms with Crippen molar-refractivity contribution in [3.8, 4) is 11.3 Å². The third kappa shape index (κ3) is 6.93. The Morgan fingerprint density at radius 3 is 2.18 bits per heavy atom. The molecule has 0 spiro atoms. The minimum atomic E-state index is -4.44. The van der Waals surface area contributed by atoms with Crippen LogP contribution in [0.2, 0.25) is 0 Å². The third-order valence-corrected chi connectivity index (χ3v) is 5.78. The Bertz CT molecular complexity index is 1060. The van der Waals surface area contributed by atoms with Crippen molar-refractivity contribution >= 4 is 17.2 Å². The molecule has 0 aliphatic carbocycles. The number of hydrogen-bond donors (Lipinski definition) is 2. The van der Waals surface area contributed by atoms with Gasteiger partial charge in [0.2, 0.25) is 0 Å². The lowest BCUT2D eigenvalue weighted by Crippen LogP contribution is -2.35. The van der Waals surface area contributed by atoms with Crippen molar-refractivity contribution in [2.45, 2.75) is 52.3 Å². The highest BCUT2D eigenvalue weighted by Gasteiger charge is 2.31. The van der Waals surface area contributed by atoms with Crippen LogP contribution in [0.25, 0.3) is 11.3 Å². The molecule has 1 aliphatic rings. The molecule has 3 N–H and O–H groups in total. The lowest BCUT2D eigenvalue weighted by molar-refractivity contribution is -0.137. The highest BCUT2D eigenvalue weighted by atomic mass is 19.4. The Labute approximate surface area is 199 Å². The number of nitrogens with two attached hydrogens (primary N) is 1. The van der Waals surface area contributed by atoms with Crippen LogP contribution < -0.4 is 11.1 Å². The van der Waals surface area contributed by atoms with Crippen LogP contribution in [0.3, 0.4) is 0 Å². The van der Waals surface area contributed by atoms with Crippen molar-refractivity contribution in [1.82, 2.24) is 15.1 Å². The number of halogens is 3. The zero-order chi connectivity index (χ0) is 24.7. The van der Waals surface area contributed by atoms with Crippen molar-refractivity contribution in [3.05, 3.63) is 65.7 Å². The average molecular weight is 472 g/mol. The summed E-state index contributed by atoms with van der Waals surface area (Å²) in [6.45, 7) is 9.01. The monoisotopic (exact) mass is 471 g/mol. The van der Waals surface area contributed by atoms with Gasteiger partial charge in [0.05, 0.1) is 11.3 Å². The van der Waals surface area contributed by atoms with Crippen LogP contribution >= 0.6 is 0 Å². The van der Waals surface area contributed by atoms with Crippen LogP contribution in [0.5, 0.6) is 0 Å². The van der Waals surface area contributed by atoms with Gasteiger partial charge in [-0.3, -0.25) is 0 Å². The maximum absolute atomic E-state index is 13.1. The number of alkyl halides is 3. The van der Waals surface area contributed by atoms with Gasteiger partial charge in [-0.05, 0) is 82.6 Å². The topological polar surface area (TPSA) is 67.1 Å². The SMILES string of the molecule is CC(C)N1CCCCC1.Cc1cc(N)nnc1-c1ccc(C(F)(F)F)cc1Nc1ccccc1. The van der Waals surface area contributed by atoms with Crippen molar-refractivity contribution in [3.63, 3.8) is 0 Å². The first kappa shape index (κ1) is 25.5. The zero-order valence-corrected chi connectivity index (χ0v) is 19.9. The molecule has 2 heterocycles. The molecular weight excluding hydrogens is 439 g/mol. The summed E-state index contributed by atoms with van der Waals surface area (Å²) in [5.41, 5.74) is 7.55. The van der Waals surface area contributed by atoms with Crippen molar-refractivity contribution in [2.75, 3.05) is 24.1 Å². The minimum absolute atomic E-state index is 0.255. The fourth-order valence-electron chi connectivity index (χ4n) is 3.91. The fraction of sp³-hybridized carbons (Fsp3) is 0.385. The van der Waals surface area contributed by atoms with Crippen LogP contribution in [0.15, 0.2) is 54.6 Å². The lowest BCUT2D eigenvalue weighted by Gasteiger charge is -2.29. The molecule has 34 heavy (non-hydrogen) atoms. The second kappa shape index (κ2) is 11.3. The molecule has 1 fully saturated rings. The standard InChI is InChI=1S/C18H15F3N4.C8H17N/c1-11-9-16(22)24-25-17(11)14-8-7-12(18(19,20)21)10-15(14)23-13-5-3-2-4-6-13;1-8(2)9-6-4-3-5-7-9/h2-10,23H,1H3,(H2,22,24);8H,3-7H2,1-2H3. The zero-order valence-electron chi connectivity index (χ0n) is 19.9. The van der Waals surface area contributed by atoms with Crippen LogP contribution in [0.1, 0.15) is 44.2 Å². The van der Waals surface area contributed by atoms with E-state index in [2.05, 4.69) is 34.3 Å². The molecule has 5 nitrogen and oxygen atoms in total. The number of aryl methyl sites for hydroxylation is 1. The van der Waals surface area contributed by atoms with E-state index in [0.29, 0.717) is 22.6 Å². The molecule has 1 aromatic heterocycles. The molecule has 4 rings (SSSR count). The summed E-state index contributed by atoms with van der Waals surface area (Å²) in [7, 11) is 0. The number of rotatable bonds is 4. The summed E-state index contributed by atoms with van der Waals surface area (Å²) in [4.78, 5) is 2.56. The summed E-state index contributed by atoms with van der Waals surface area (Å²) < 4.78 is 39.3. The van der Waals surface area contributed by atoms with Gasteiger partial charge < -0.3 is 16.0 Å². The number of aromatic nitrogens is 2. The number of anilines is 3. The number of likely N-dealkylation sites (tertiary alicyclic amines) is 1. The van der Waals surface area contributed by atoms with Gasteiger partial charge >= 0.3 is 6.18 Å². The van der Waals surface area contributed by atoms with E-state index in [-0.39, 0.29) is 5.82 Å². The first-order valence-electron chi connectivity index (χ1n) is 11.5. The number of piperidine rings is 1. The van der Waals surface area contributed by atoms with Gasteiger partial charge in [0.25, 0.3) is 0 Å². The summed E-state index contributed by atoms with van der Waals surface area (Å²) in [6, 6.07) is 14.8. The number of benzene rings is 2. The van der Waals surface area contributed by atoms with Crippen molar-refractivity contribution in [1.29, 1.82) is 0 Å². The van der Waals surface area contributed by atoms with E-state index in [4.69, 9.17) is 5.73 Å². The van der Waals surface area contributed by atoms with Crippen LogP contribution in [0, 0.1) is 6.92 Å². The van der Waals surface area contributed by atoms with Crippen molar-refractivity contribution < 1.29 is 13.2 Å². The van der Waals surface area contributed by atoms with Crippen LogP contribution in [-0.4, -0.2) is 34.2 Å². The highest BCUT2D eigenvalue weighted by molar-refractivity contribution is 5.81. The van der Waals surface area contributed by atoms with E-state index < -0.39 is 11.7 Å². The number of nitrogens with one attached hydrogen (secondary N) is 1. The van der Waals surface area contributed by atoms with E-state index >= 15 is 0 Å². The molecule has 0 amide bonds. The molecule has 0 atom stereocenters. The summed E-state index contributed by atoms with van der Waals surface area (Å²) in [5.74, 6) is 0.255. The second-order valence-corrected chi connectivity index (χ2v) is 8.74. The van der Waals surface area contributed by atoms with Gasteiger partial charge in [0, 0.05) is 23.0 Å². The fourth-order valence-corrected chi connectivity index (χ4v) is 3.91. The van der Waals surface area contributed by atoms with E-state index in [1.54, 1.807) is 37.3 Å². The second-order valence-electron chi connectivity index (χ2n) is 8.74. The maximum atomic E-state index is 13.1. The predicted molar refractivity (Wildman–Crippen MR) is 132 cm³/mol. The Morgan fingerprint density at radius 2 is 1.62 bits per heavy atom. The molecule has 1 aliphatic heterocycles. The highest BCUT2D eigenvalue weighted by Crippen LogP contribution is 2.37. The largest absolute Gasteiger partial charge is 0.416 e. The lowest BCUT2D eigenvalue weighted by atomic mass is 10.0. The third-order valence-electron chi connectivity index (χ3n) is 5.78. The molecule has 0 saturated carbocycles. The summed E-state index contributed by atoms with van der Waals surface area (Å²) in [6.07, 6.45) is -0.160. The van der Waals surface area contributed by atoms with Gasteiger partial charge in [-0.2, -0.15) is 13.2 Å². The Hall–Kier alpha value is -3.13. The molecule has 2 aromatic carbocycles. The smallest absolute Gasteiger partial charge is 0.382 e. The molecule has 8 heteroatoms. The minimum Gasteiger partial charge on any atom is -0.382 e. The van der Waals surface area contributed by atoms with Gasteiger partial charge in [0.1, 0.15) is 5.82 Å². The van der Waals surface area contributed by atoms with E-state index in [1.165, 1.54) is 38.4 Å². The number of nitrogens with zero attached hydrogens (tertiary/aromatic N) is 3. The molecule has 3 aromatic rings. The first-order valence-corrected chi connectivity index (χ1v) is 11.5. The normalized spacial score (nSPS) is 14.4. The predicted octanol–water partition coefficient (Wildman–Crippen LogP) is 6.68. The quantitative estimate of drug-likeness (QED) is 0.444. The molecule has 0 radical (unpaired) electrons. The molecule has 1 saturated heterocycles. The van der Waals surface area contributed by atoms with Gasteiger partial charge in [-0.15, -0.1) is 10.2 Å². The van der Waals surface area contributed by atoms with E-state index in [9.17, 15) is 13.2 Å². The Morgan fingerprint density at radius 1 is 0.941 bits per heavy atom. The molecule has 0 bridgehead atoms. The van der Waals surface area contributed by atoms with Crippen LogP contribution in [-0.2, 0) is 6.18 Å². The Kier molecular flexibility index (Phi) is 8.50. The van der Waals surface area contributed by atoms with Gasteiger partial charge in [0.15, 0.2) is 0 Å². The first-order chi connectivity index (χ1) is 16.1. The number of nitrogen functional groups attached to an aromatic ring is 1. The summed E-state index contributed by atoms with van der Waals surface area (Å²) in [5, 5.41) is 10.9. The maximum Gasteiger partial charge on any atom is 0.416 e. The number of hydrogen-bond acceptors (Lipinski definition) is 5. The van der Waals surface area contributed by atoms with Gasteiger partial charge in [-0.25, -0.2) is 0 Å². The van der Waals surface area contributed by atoms with E-state index in [1.807, 2.05) is 6.07 Å². The molecule has 0 unspecified atom stereocenters. The number of para-hydroxylation sites is 1. The Balaban J connectivity index is 0.000000302. The van der Waals surface area contributed by atoms with Crippen LogP contribution in [0.4, 0.5) is 30.4 Å². The molecule has 182 valence electrons. The van der Waals surface area contributed by atoms with Gasteiger partial charge in [-0.1, -0.05) is 30.7 Å². The van der Waals surface area contributed by atoms with E-state index in [0.717, 1.165) is 23.7 Å². The molecular formula is C26H32F3N5. The summed E-state index contributed by atoms with van der Waals surface area (Å²) >= 11 is 0. The van der Waals surface area contributed by atoms with Crippen molar-refractivity contribution in [2.24, 2.45) is 0 Å². The average Bonchev–Trinajstić information content (AvgIpc) is 2.80.